The molecule has 0 aliphatic rings. The Balaban J connectivity index is 1.77. The number of fused-ring (bicyclic) bond motifs is 1. The van der Waals surface area contributed by atoms with E-state index >= 15 is 0 Å². The molecule has 0 spiro atoms. The second-order valence-electron chi connectivity index (χ2n) is 4.36. The van der Waals surface area contributed by atoms with Crippen molar-refractivity contribution < 1.29 is 9.90 Å². The monoisotopic (exact) mass is 424 g/mol. The van der Waals surface area contributed by atoms with E-state index in [2.05, 4.69) is 42.8 Å². The molecule has 3 aromatic rings. The van der Waals surface area contributed by atoms with Crippen molar-refractivity contribution in [2.45, 2.75) is 6.54 Å². The van der Waals surface area contributed by atoms with E-state index in [1.165, 1.54) is 6.33 Å². The van der Waals surface area contributed by atoms with E-state index in [1.807, 2.05) is 6.07 Å². The van der Waals surface area contributed by atoms with Crippen molar-refractivity contribution in [2.24, 2.45) is 10.2 Å². The predicted octanol–water partition coefficient (Wildman–Crippen LogP) is 4.28. The summed E-state index contributed by atoms with van der Waals surface area (Å²) in [5.74, 6) is -0.385. The fourth-order valence-electron chi connectivity index (χ4n) is 1.82. The summed E-state index contributed by atoms with van der Waals surface area (Å²) < 4.78 is 2.03. The topological polar surface area (TPSA) is 87.8 Å². The van der Waals surface area contributed by atoms with Gasteiger partial charge in [-0.05, 0) is 46.4 Å². The summed E-state index contributed by atoms with van der Waals surface area (Å²) in [6, 6.07) is 8.54. The number of benzene rings is 1. The number of nitrogens with zero attached hydrogens (tertiary/aromatic N) is 4. The third-order valence-electron chi connectivity index (χ3n) is 2.88. The molecule has 0 saturated carbocycles. The molecule has 2 aromatic heterocycles. The Labute approximate surface area is 143 Å². The summed E-state index contributed by atoms with van der Waals surface area (Å²) in [6.45, 7) is 0.369. The minimum Gasteiger partial charge on any atom is -0.478 e. The summed E-state index contributed by atoms with van der Waals surface area (Å²) in [7, 11) is 0. The van der Waals surface area contributed by atoms with Crippen molar-refractivity contribution in [3.05, 3.63) is 50.7 Å². The quantitative estimate of drug-likeness (QED) is 0.500. The highest BCUT2D eigenvalue weighted by molar-refractivity contribution is 14.1. The molecule has 0 bridgehead atoms. The number of rotatable bonds is 4. The van der Waals surface area contributed by atoms with E-state index < -0.39 is 5.97 Å². The number of hydrogen-bond donors (Lipinski definition) is 1. The Kier molecular flexibility index (Phi) is 4.39. The zero-order valence-corrected chi connectivity index (χ0v) is 14.1. The summed E-state index contributed by atoms with van der Waals surface area (Å²) in [4.78, 5) is 19.1. The van der Waals surface area contributed by atoms with E-state index in [0.717, 1.165) is 18.7 Å². The van der Waals surface area contributed by atoms with Gasteiger partial charge in [0.05, 0.1) is 20.5 Å². The Morgan fingerprint density at radius 1 is 1.27 bits per heavy atom. The molecule has 2 heterocycles. The van der Waals surface area contributed by atoms with Gasteiger partial charge in [-0.1, -0.05) is 12.1 Å². The van der Waals surface area contributed by atoms with Crippen LogP contribution in [0.15, 0.2) is 46.9 Å². The van der Waals surface area contributed by atoms with Crippen LogP contribution < -0.4 is 0 Å². The molecule has 6 nitrogen and oxygen atoms in total. The molecule has 0 radical (unpaired) electrons. The molecule has 0 aliphatic heterocycles. The molecule has 0 atom stereocenters. The van der Waals surface area contributed by atoms with Crippen LogP contribution in [0.4, 0.5) is 5.82 Å². The number of halogens is 1. The van der Waals surface area contributed by atoms with E-state index in [9.17, 15) is 4.79 Å². The molecule has 0 fully saturated rings. The Morgan fingerprint density at radius 3 is 2.77 bits per heavy atom. The number of hydrogen-bond acceptors (Lipinski definition) is 6. The largest absolute Gasteiger partial charge is 0.478 e. The lowest BCUT2D eigenvalue weighted by Gasteiger charge is -1.97. The van der Waals surface area contributed by atoms with Gasteiger partial charge in [0.25, 0.3) is 0 Å². The van der Waals surface area contributed by atoms with Crippen LogP contribution in [0.5, 0.6) is 0 Å². The van der Waals surface area contributed by atoms with Crippen LogP contribution >= 0.6 is 33.9 Å². The lowest BCUT2D eigenvalue weighted by atomic mass is 10.1. The van der Waals surface area contributed by atoms with E-state index in [4.69, 9.17) is 5.11 Å². The number of carboxylic acids is 1. The van der Waals surface area contributed by atoms with Crippen molar-refractivity contribution >= 4 is 55.9 Å². The van der Waals surface area contributed by atoms with Crippen molar-refractivity contribution in [2.75, 3.05) is 0 Å². The van der Waals surface area contributed by atoms with Gasteiger partial charge in [-0.25, -0.2) is 14.8 Å². The molecular weight excluding hydrogens is 415 g/mol. The van der Waals surface area contributed by atoms with Crippen LogP contribution in [0.2, 0.25) is 0 Å². The lowest BCUT2D eigenvalue weighted by Crippen LogP contribution is -1.95. The van der Waals surface area contributed by atoms with Gasteiger partial charge in [0.2, 0.25) is 0 Å². The SMILES string of the molecule is O=C(O)c1ccc(CN=Nc2ncnc3cc(I)sc23)cc1. The molecule has 110 valence electrons. The zero-order chi connectivity index (χ0) is 15.5. The van der Waals surface area contributed by atoms with E-state index in [0.29, 0.717) is 12.4 Å². The molecule has 0 amide bonds. The third kappa shape index (κ3) is 3.28. The first-order valence-electron chi connectivity index (χ1n) is 6.23. The Morgan fingerprint density at radius 2 is 2.05 bits per heavy atom. The molecule has 8 heteroatoms. The van der Waals surface area contributed by atoms with Crippen LogP contribution in [-0.4, -0.2) is 21.0 Å². The smallest absolute Gasteiger partial charge is 0.335 e. The van der Waals surface area contributed by atoms with E-state index in [1.54, 1.807) is 35.6 Å². The van der Waals surface area contributed by atoms with Crippen LogP contribution in [-0.2, 0) is 6.54 Å². The summed E-state index contributed by atoms with van der Waals surface area (Å²) in [5.41, 5.74) is 2.01. The van der Waals surface area contributed by atoms with Gasteiger partial charge < -0.3 is 5.11 Å². The fraction of sp³-hybridized carbons (Fsp3) is 0.0714. The van der Waals surface area contributed by atoms with Crippen LogP contribution in [0.25, 0.3) is 10.2 Å². The second-order valence-corrected chi connectivity index (χ2v) is 7.31. The predicted molar refractivity (Wildman–Crippen MR) is 91.8 cm³/mol. The molecular formula is C14H9IN4O2S. The van der Waals surface area contributed by atoms with Gasteiger partial charge in [-0.3, -0.25) is 0 Å². The number of aromatic nitrogens is 2. The van der Waals surface area contributed by atoms with E-state index in [-0.39, 0.29) is 5.56 Å². The van der Waals surface area contributed by atoms with Crippen molar-refractivity contribution in [3.63, 3.8) is 0 Å². The van der Waals surface area contributed by atoms with Gasteiger partial charge in [-0.2, -0.15) is 5.11 Å². The second kappa shape index (κ2) is 6.44. The maximum Gasteiger partial charge on any atom is 0.335 e. The van der Waals surface area contributed by atoms with Gasteiger partial charge in [0.15, 0.2) is 5.82 Å². The average Bonchev–Trinajstić information content (AvgIpc) is 2.89. The minimum atomic E-state index is -0.941. The van der Waals surface area contributed by atoms with Crippen LogP contribution in [0, 0.1) is 2.88 Å². The van der Waals surface area contributed by atoms with Gasteiger partial charge in [-0.15, -0.1) is 16.5 Å². The number of carboxylic acid groups (broad SMARTS) is 1. The molecule has 22 heavy (non-hydrogen) atoms. The first kappa shape index (κ1) is 15.0. The number of thiophene rings is 1. The summed E-state index contributed by atoms with van der Waals surface area (Å²) >= 11 is 3.81. The van der Waals surface area contributed by atoms with Crippen molar-refractivity contribution in [3.8, 4) is 0 Å². The molecule has 0 unspecified atom stereocenters. The maximum atomic E-state index is 10.8. The van der Waals surface area contributed by atoms with Gasteiger partial charge in [0, 0.05) is 0 Å². The Bertz CT molecular complexity index is 861. The maximum absolute atomic E-state index is 10.8. The third-order valence-corrected chi connectivity index (χ3v) is 4.76. The molecule has 0 saturated heterocycles. The average molecular weight is 424 g/mol. The Hall–Kier alpha value is -1.94. The molecule has 1 N–H and O–H groups in total. The summed E-state index contributed by atoms with van der Waals surface area (Å²) in [5, 5.41) is 17.1. The zero-order valence-electron chi connectivity index (χ0n) is 11.1. The first-order chi connectivity index (χ1) is 10.6. The fourth-order valence-corrected chi connectivity index (χ4v) is 3.54. The highest BCUT2D eigenvalue weighted by Gasteiger charge is 2.07. The van der Waals surface area contributed by atoms with Gasteiger partial charge >= 0.3 is 5.97 Å². The highest BCUT2D eigenvalue weighted by atomic mass is 127. The molecule has 1 aromatic carbocycles. The van der Waals surface area contributed by atoms with Gasteiger partial charge in [0.1, 0.15) is 11.0 Å². The lowest BCUT2D eigenvalue weighted by molar-refractivity contribution is 0.0697. The van der Waals surface area contributed by atoms with Crippen LogP contribution in [0.3, 0.4) is 0 Å². The number of azo groups is 1. The normalized spacial score (nSPS) is 11.3. The highest BCUT2D eigenvalue weighted by Crippen LogP contribution is 2.31. The molecule has 0 aliphatic carbocycles. The summed E-state index contributed by atoms with van der Waals surface area (Å²) in [6.07, 6.45) is 1.47. The number of carbonyl (C=O) groups is 1. The molecule has 3 rings (SSSR count). The minimum absolute atomic E-state index is 0.256. The van der Waals surface area contributed by atoms with Crippen LogP contribution in [0.1, 0.15) is 15.9 Å². The standard InChI is InChI=1S/C14H9IN4O2S/c15-11-5-10-12(22-11)13(17-7-16-10)19-18-6-8-1-3-9(4-2-8)14(20)21/h1-5,7H,6H2,(H,20,21). The van der Waals surface area contributed by atoms with Crippen molar-refractivity contribution in [1.82, 2.24) is 9.97 Å². The van der Waals surface area contributed by atoms with Crippen molar-refractivity contribution in [1.29, 1.82) is 0 Å². The first-order valence-corrected chi connectivity index (χ1v) is 8.13. The number of aromatic carboxylic acids is 1.